The Labute approximate surface area is 196 Å². The van der Waals surface area contributed by atoms with Gasteiger partial charge in [-0.25, -0.2) is 10.5 Å². The van der Waals surface area contributed by atoms with Crippen LogP contribution in [0.2, 0.25) is 10.0 Å². The van der Waals surface area contributed by atoms with Gasteiger partial charge in [-0.15, -0.1) is 0 Å². The maximum Gasteiger partial charge on any atom is 0.321 e. The predicted molar refractivity (Wildman–Crippen MR) is 129 cm³/mol. The summed E-state index contributed by atoms with van der Waals surface area (Å²) in [5.41, 5.74) is 10.1. The fraction of sp³-hybridized carbons (Fsp3) is 0.364. The molecule has 3 amide bonds. The number of rotatable bonds is 6. The molecule has 0 saturated carbocycles. The number of halogens is 2. The van der Waals surface area contributed by atoms with Gasteiger partial charge in [-0.2, -0.15) is 11.8 Å². The van der Waals surface area contributed by atoms with Gasteiger partial charge in [0.1, 0.15) is 6.04 Å². The molecule has 1 saturated heterocycles. The smallest absolute Gasteiger partial charge is 0.321 e. The van der Waals surface area contributed by atoms with Crippen molar-refractivity contribution in [2.75, 3.05) is 35.7 Å². The van der Waals surface area contributed by atoms with E-state index in [9.17, 15) is 9.59 Å². The van der Waals surface area contributed by atoms with Crippen LogP contribution in [0.4, 0.5) is 16.2 Å². The molecule has 2 aromatic carbocycles. The number of thioether (sulfide) groups is 1. The fourth-order valence-corrected chi connectivity index (χ4v) is 4.51. The van der Waals surface area contributed by atoms with E-state index in [-0.39, 0.29) is 11.9 Å². The lowest BCUT2D eigenvalue weighted by atomic mass is 9.89. The summed E-state index contributed by atoms with van der Waals surface area (Å²) in [6.45, 7) is 1.26. The summed E-state index contributed by atoms with van der Waals surface area (Å²) >= 11 is 13.8. The Balaban J connectivity index is 1.52. The van der Waals surface area contributed by atoms with Crippen LogP contribution in [-0.2, 0) is 4.79 Å². The first-order valence-corrected chi connectivity index (χ1v) is 12.1. The molecule has 165 valence electrons. The Morgan fingerprint density at radius 2 is 1.71 bits per heavy atom. The van der Waals surface area contributed by atoms with Crippen molar-refractivity contribution in [2.45, 2.75) is 24.8 Å². The number of hydrogen-bond donors (Lipinski definition) is 2. The van der Waals surface area contributed by atoms with E-state index in [1.54, 1.807) is 23.1 Å². The van der Waals surface area contributed by atoms with Gasteiger partial charge >= 0.3 is 6.03 Å². The maximum absolute atomic E-state index is 12.6. The number of urea groups is 1. The van der Waals surface area contributed by atoms with Crippen LogP contribution in [0.1, 0.15) is 24.3 Å². The van der Waals surface area contributed by atoms with Gasteiger partial charge in [0, 0.05) is 24.5 Å². The Bertz CT molecular complexity index is 898. The van der Waals surface area contributed by atoms with Gasteiger partial charge in [-0.3, -0.25) is 4.79 Å². The number of anilines is 2. The highest BCUT2D eigenvalue weighted by atomic mass is 35.5. The monoisotopic (exact) mass is 479 g/mol. The number of likely N-dealkylation sites (tertiary alicyclic amines) is 1. The van der Waals surface area contributed by atoms with Crippen molar-refractivity contribution in [3.63, 3.8) is 0 Å². The lowest BCUT2D eigenvalue weighted by molar-refractivity contribution is -0.117. The third-order valence-corrected chi connectivity index (χ3v) is 6.57. The van der Waals surface area contributed by atoms with Gasteiger partial charge in [0.2, 0.25) is 5.91 Å². The van der Waals surface area contributed by atoms with E-state index in [1.165, 1.54) is 17.3 Å². The Morgan fingerprint density at radius 1 is 1.10 bits per heavy atom. The second-order valence-electron chi connectivity index (χ2n) is 7.41. The molecular formula is C22H25Cl2N4O2S. The first kappa shape index (κ1) is 23.7. The normalized spacial score (nSPS) is 15.4. The summed E-state index contributed by atoms with van der Waals surface area (Å²) in [5.74, 6) is 0.525. The van der Waals surface area contributed by atoms with Crippen LogP contribution in [0.15, 0.2) is 42.5 Å². The van der Waals surface area contributed by atoms with Crippen molar-refractivity contribution in [1.82, 2.24) is 10.6 Å². The number of nitrogens with zero attached hydrogens (tertiary/aromatic N) is 1. The summed E-state index contributed by atoms with van der Waals surface area (Å²) in [5, 5.41) is 6.42. The van der Waals surface area contributed by atoms with Crippen molar-refractivity contribution < 1.29 is 9.59 Å². The molecule has 1 atom stereocenters. The van der Waals surface area contributed by atoms with Crippen LogP contribution >= 0.6 is 35.0 Å². The number of carbonyl (C=O) groups is 2. The number of benzene rings is 2. The first-order chi connectivity index (χ1) is 14.9. The molecule has 3 N–H and O–H groups in total. The minimum absolute atomic E-state index is 0.207. The molecule has 9 heteroatoms. The third-order valence-electron chi connectivity index (χ3n) is 5.28. The minimum atomic E-state index is -0.772. The molecule has 0 aliphatic carbocycles. The second kappa shape index (κ2) is 11.1. The van der Waals surface area contributed by atoms with Crippen LogP contribution in [0.25, 0.3) is 0 Å². The molecule has 1 aliphatic heterocycles. The summed E-state index contributed by atoms with van der Waals surface area (Å²) in [7, 11) is 0. The van der Waals surface area contributed by atoms with Crippen LogP contribution in [0, 0.1) is 0 Å². The minimum Gasteiger partial charge on any atom is -0.325 e. The molecule has 1 heterocycles. The van der Waals surface area contributed by atoms with E-state index in [1.807, 2.05) is 30.5 Å². The van der Waals surface area contributed by atoms with Gasteiger partial charge < -0.3 is 15.5 Å². The number of para-hydroxylation sites is 1. The number of carbonyl (C=O) groups excluding carboxylic acids is 2. The van der Waals surface area contributed by atoms with Crippen LogP contribution in [0.3, 0.4) is 0 Å². The molecule has 2 aromatic rings. The largest absolute Gasteiger partial charge is 0.325 e. The van der Waals surface area contributed by atoms with E-state index >= 15 is 0 Å². The van der Waals surface area contributed by atoms with Crippen molar-refractivity contribution >= 4 is 58.3 Å². The molecule has 31 heavy (non-hydrogen) atoms. The van der Waals surface area contributed by atoms with Crippen molar-refractivity contribution in [2.24, 2.45) is 0 Å². The van der Waals surface area contributed by atoms with Gasteiger partial charge in [0.25, 0.3) is 0 Å². The zero-order chi connectivity index (χ0) is 22.4. The van der Waals surface area contributed by atoms with Crippen molar-refractivity contribution in [3.8, 4) is 0 Å². The predicted octanol–water partition coefficient (Wildman–Crippen LogP) is 5.36. The van der Waals surface area contributed by atoms with E-state index in [2.05, 4.69) is 10.6 Å². The van der Waals surface area contributed by atoms with Gasteiger partial charge in [-0.1, -0.05) is 41.4 Å². The fourth-order valence-electron chi connectivity index (χ4n) is 3.53. The molecule has 1 radical (unpaired) electrons. The highest BCUT2D eigenvalue weighted by Crippen LogP contribution is 2.32. The van der Waals surface area contributed by atoms with E-state index in [0.717, 1.165) is 12.8 Å². The van der Waals surface area contributed by atoms with Gasteiger partial charge in [0.05, 0.1) is 15.7 Å². The van der Waals surface area contributed by atoms with E-state index in [0.29, 0.717) is 46.2 Å². The lowest BCUT2D eigenvalue weighted by Gasteiger charge is -2.32. The average molecular weight is 480 g/mol. The molecule has 6 nitrogen and oxygen atoms in total. The quantitative estimate of drug-likeness (QED) is 0.584. The van der Waals surface area contributed by atoms with Crippen molar-refractivity contribution in [3.05, 3.63) is 58.1 Å². The van der Waals surface area contributed by atoms with Gasteiger partial charge in [0.15, 0.2) is 0 Å². The van der Waals surface area contributed by atoms with Crippen molar-refractivity contribution in [1.29, 1.82) is 0 Å². The second-order valence-corrected chi connectivity index (χ2v) is 9.13. The van der Waals surface area contributed by atoms with Crippen LogP contribution in [-0.4, -0.2) is 48.0 Å². The SMILES string of the molecule is CSCC([NH])C(=O)Nc1ccc(C2CCN(C(=O)Nc3c(Cl)cccc3Cl)CC2)cc1. The van der Waals surface area contributed by atoms with E-state index in [4.69, 9.17) is 28.9 Å². The topological polar surface area (TPSA) is 85.2 Å². The number of hydrogen-bond acceptors (Lipinski definition) is 3. The average Bonchev–Trinajstić information content (AvgIpc) is 2.77. The maximum atomic E-state index is 12.6. The van der Waals surface area contributed by atoms with Crippen LogP contribution in [0.5, 0.6) is 0 Å². The number of nitrogens with one attached hydrogen (secondary N) is 3. The summed E-state index contributed by atoms with van der Waals surface area (Å²) in [6, 6.07) is 11.9. The lowest BCUT2D eigenvalue weighted by Crippen LogP contribution is -2.40. The van der Waals surface area contributed by atoms with Crippen LogP contribution < -0.4 is 16.4 Å². The summed E-state index contributed by atoms with van der Waals surface area (Å²) in [4.78, 5) is 26.4. The highest BCUT2D eigenvalue weighted by Gasteiger charge is 2.25. The molecular weight excluding hydrogens is 455 g/mol. The zero-order valence-electron chi connectivity index (χ0n) is 17.2. The molecule has 0 spiro atoms. The number of piperidine rings is 1. The first-order valence-electron chi connectivity index (χ1n) is 10.00. The molecule has 0 bridgehead atoms. The van der Waals surface area contributed by atoms with E-state index < -0.39 is 6.04 Å². The molecule has 0 aromatic heterocycles. The summed E-state index contributed by atoms with van der Waals surface area (Å²) in [6.07, 6.45) is 3.57. The standard InChI is InChI=1S/C22H25Cl2N4O2S/c1-31-13-19(25)21(29)26-16-7-5-14(6-8-16)15-9-11-28(12-10-15)22(30)27-20-17(23)3-2-4-18(20)24/h2-8,15,19,25H,9-13H2,1H3,(H,26,29)(H,27,30). The molecule has 1 fully saturated rings. The number of amides is 3. The Hall–Kier alpha value is -1.93. The molecule has 1 unspecified atom stereocenters. The Kier molecular flexibility index (Phi) is 8.49. The molecule has 1 aliphatic rings. The zero-order valence-corrected chi connectivity index (χ0v) is 19.5. The van der Waals surface area contributed by atoms with Gasteiger partial charge in [-0.05, 0) is 54.8 Å². The highest BCUT2D eigenvalue weighted by molar-refractivity contribution is 7.98. The summed E-state index contributed by atoms with van der Waals surface area (Å²) < 4.78 is 0. The third kappa shape index (κ3) is 6.29. The molecule has 3 rings (SSSR count). The Morgan fingerprint density at radius 3 is 2.29 bits per heavy atom.